The summed E-state index contributed by atoms with van der Waals surface area (Å²) in [6.45, 7) is 1.54. The summed E-state index contributed by atoms with van der Waals surface area (Å²) in [7, 11) is 0. The number of hydrogen-bond acceptors (Lipinski definition) is 3. The molecule has 3 aliphatic rings. The Morgan fingerprint density at radius 1 is 1.15 bits per heavy atom. The van der Waals surface area contributed by atoms with E-state index in [0.29, 0.717) is 32.5 Å². The van der Waals surface area contributed by atoms with Gasteiger partial charge in [0.25, 0.3) is 0 Å². The van der Waals surface area contributed by atoms with Gasteiger partial charge in [-0.1, -0.05) is 12.1 Å². The van der Waals surface area contributed by atoms with Crippen LogP contribution in [0.2, 0.25) is 0 Å². The van der Waals surface area contributed by atoms with Gasteiger partial charge < -0.3 is 15.0 Å². The largest absolute Gasteiger partial charge is 0.447 e. The quantitative estimate of drug-likeness (QED) is 0.854. The molecule has 1 aliphatic carbocycles. The van der Waals surface area contributed by atoms with E-state index in [-0.39, 0.29) is 23.3 Å². The van der Waals surface area contributed by atoms with Crippen molar-refractivity contribution in [2.45, 2.75) is 43.3 Å². The standard InChI is InChI=1S/C19H21F3N2O3/c20-19(21,22)15-3-1-12(2-4-15)13-5-7-24(8-6-13)16(25)14-9-18(10-14)11-27-17(26)23-18/h1-4,13-14H,5-11H2,(H,23,26)/t14-,18+. The summed E-state index contributed by atoms with van der Waals surface area (Å²) in [6, 6.07) is 5.34. The number of carbonyl (C=O) groups is 2. The Bertz CT molecular complexity index is 734. The number of carbonyl (C=O) groups excluding carboxylic acids is 2. The summed E-state index contributed by atoms with van der Waals surface area (Å²) < 4.78 is 42.9. The smallest absolute Gasteiger partial charge is 0.416 e. The lowest BCUT2D eigenvalue weighted by molar-refractivity contribution is -0.142. The highest BCUT2D eigenvalue weighted by Crippen LogP contribution is 2.42. The third kappa shape index (κ3) is 3.49. The number of likely N-dealkylation sites (tertiary alicyclic amines) is 1. The van der Waals surface area contributed by atoms with Gasteiger partial charge in [-0.3, -0.25) is 4.79 Å². The van der Waals surface area contributed by atoms with Gasteiger partial charge in [0.05, 0.1) is 11.1 Å². The molecule has 1 spiro atoms. The number of ether oxygens (including phenoxy) is 1. The zero-order valence-corrected chi connectivity index (χ0v) is 14.7. The van der Waals surface area contributed by atoms with Crippen molar-refractivity contribution in [1.82, 2.24) is 10.2 Å². The van der Waals surface area contributed by atoms with E-state index in [4.69, 9.17) is 4.74 Å². The van der Waals surface area contributed by atoms with Crippen LogP contribution in [0.4, 0.5) is 18.0 Å². The van der Waals surface area contributed by atoms with Crippen LogP contribution in [0.1, 0.15) is 42.7 Å². The molecular weight excluding hydrogens is 361 g/mol. The van der Waals surface area contributed by atoms with Crippen LogP contribution in [0.25, 0.3) is 0 Å². The topological polar surface area (TPSA) is 58.6 Å². The van der Waals surface area contributed by atoms with E-state index >= 15 is 0 Å². The fourth-order valence-corrected chi connectivity index (χ4v) is 4.41. The van der Waals surface area contributed by atoms with Gasteiger partial charge in [0.2, 0.25) is 5.91 Å². The highest BCUT2D eigenvalue weighted by atomic mass is 19.4. The van der Waals surface area contributed by atoms with Gasteiger partial charge >= 0.3 is 12.3 Å². The highest BCUT2D eigenvalue weighted by Gasteiger charge is 2.53. The lowest BCUT2D eigenvalue weighted by Crippen LogP contribution is -2.58. The Morgan fingerprint density at radius 3 is 2.30 bits per heavy atom. The van der Waals surface area contributed by atoms with E-state index in [1.807, 2.05) is 4.90 Å². The number of amides is 2. The molecule has 8 heteroatoms. The van der Waals surface area contributed by atoms with Crippen LogP contribution < -0.4 is 5.32 Å². The number of rotatable bonds is 2. The van der Waals surface area contributed by atoms with E-state index in [1.165, 1.54) is 0 Å². The van der Waals surface area contributed by atoms with Crippen molar-refractivity contribution in [1.29, 1.82) is 0 Å². The first-order valence-corrected chi connectivity index (χ1v) is 9.17. The molecule has 0 radical (unpaired) electrons. The third-order valence-electron chi connectivity index (χ3n) is 5.99. The van der Waals surface area contributed by atoms with Crippen molar-refractivity contribution in [3.05, 3.63) is 35.4 Å². The van der Waals surface area contributed by atoms with E-state index in [2.05, 4.69) is 5.32 Å². The molecule has 2 heterocycles. The van der Waals surface area contributed by atoms with Gasteiger partial charge in [0.1, 0.15) is 6.61 Å². The van der Waals surface area contributed by atoms with Crippen LogP contribution in [0.3, 0.4) is 0 Å². The number of alkyl carbamates (subject to hydrolysis) is 1. The van der Waals surface area contributed by atoms with Crippen molar-refractivity contribution < 1.29 is 27.5 Å². The molecule has 0 atom stereocenters. The summed E-state index contributed by atoms with van der Waals surface area (Å²) >= 11 is 0. The first kappa shape index (κ1) is 18.1. The number of halogens is 3. The van der Waals surface area contributed by atoms with Gasteiger partial charge in [-0.2, -0.15) is 13.2 Å². The summed E-state index contributed by atoms with van der Waals surface area (Å²) in [4.78, 5) is 25.7. The molecule has 0 aromatic heterocycles. The minimum atomic E-state index is -4.32. The molecule has 1 saturated carbocycles. The first-order valence-electron chi connectivity index (χ1n) is 9.17. The molecule has 1 N–H and O–H groups in total. The lowest BCUT2D eigenvalue weighted by atomic mass is 9.68. The number of hydrogen-bond donors (Lipinski definition) is 1. The molecule has 3 fully saturated rings. The normalized spacial score (nSPS) is 28.6. The Hall–Kier alpha value is -2.25. The van der Waals surface area contributed by atoms with Crippen molar-refractivity contribution >= 4 is 12.0 Å². The molecule has 5 nitrogen and oxygen atoms in total. The maximum absolute atomic E-state index is 12.7. The van der Waals surface area contributed by atoms with Crippen molar-refractivity contribution in [3.8, 4) is 0 Å². The van der Waals surface area contributed by atoms with Crippen LogP contribution >= 0.6 is 0 Å². The van der Waals surface area contributed by atoms with E-state index in [9.17, 15) is 22.8 Å². The summed E-state index contributed by atoms with van der Waals surface area (Å²) in [5.74, 6) is 0.189. The Balaban J connectivity index is 1.29. The van der Waals surface area contributed by atoms with Gasteiger partial charge in [-0.05, 0) is 49.3 Å². The zero-order chi connectivity index (χ0) is 19.2. The second-order valence-corrected chi connectivity index (χ2v) is 7.81. The van der Waals surface area contributed by atoms with Gasteiger partial charge in [-0.25, -0.2) is 4.79 Å². The number of nitrogens with one attached hydrogen (secondary N) is 1. The minimum absolute atomic E-state index is 0.0883. The molecule has 0 bridgehead atoms. The number of piperidine rings is 1. The van der Waals surface area contributed by atoms with Crippen LogP contribution in [-0.2, 0) is 15.7 Å². The summed E-state index contributed by atoms with van der Waals surface area (Å²) in [5.41, 5.74) is -0.111. The van der Waals surface area contributed by atoms with Crippen LogP contribution in [0, 0.1) is 5.92 Å². The molecule has 1 aromatic carbocycles. The first-order chi connectivity index (χ1) is 12.8. The average Bonchev–Trinajstić information content (AvgIpc) is 3.02. The predicted octanol–water partition coefficient (Wildman–Crippen LogP) is 3.30. The molecule has 27 heavy (non-hydrogen) atoms. The SMILES string of the molecule is O=C1N[C@]2(CO1)C[C@H](C(=O)N1CCC(c3ccc(C(F)(F)F)cc3)CC1)C2. The molecule has 4 rings (SSSR count). The molecule has 2 aliphatic heterocycles. The average molecular weight is 382 g/mol. The molecular formula is C19H21F3N2O3. The van der Waals surface area contributed by atoms with E-state index in [0.717, 1.165) is 30.5 Å². The molecule has 1 aromatic rings. The van der Waals surface area contributed by atoms with E-state index < -0.39 is 17.8 Å². The van der Waals surface area contributed by atoms with E-state index in [1.54, 1.807) is 12.1 Å². The third-order valence-corrected chi connectivity index (χ3v) is 5.99. The second kappa shape index (κ2) is 6.42. The number of benzene rings is 1. The Labute approximate surface area is 154 Å². The molecule has 2 saturated heterocycles. The molecule has 2 amide bonds. The predicted molar refractivity (Wildman–Crippen MR) is 89.9 cm³/mol. The monoisotopic (exact) mass is 382 g/mol. The lowest BCUT2D eigenvalue weighted by Gasteiger charge is -2.45. The number of nitrogens with zero attached hydrogens (tertiary/aromatic N) is 1. The number of cyclic esters (lactones) is 1. The fraction of sp³-hybridized carbons (Fsp3) is 0.579. The molecule has 146 valence electrons. The molecule has 0 unspecified atom stereocenters. The van der Waals surface area contributed by atoms with Crippen LogP contribution in [0.5, 0.6) is 0 Å². The minimum Gasteiger partial charge on any atom is -0.447 e. The van der Waals surface area contributed by atoms with Crippen LogP contribution in [-0.4, -0.2) is 42.1 Å². The second-order valence-electron chi connectivity index (χ2n) is 7.81. The maximum atomic E-state index is 12.7. The summed E-state index contributed by atoms with van der Waals surface area (Å²) in [6.07, 6.45) is -2.03. The van der Waals surface area contributed by atoms with Gasteiger partial charge in [0, 0.05) is 19.0 Å². The van der Waals surface area contributed by atoms with Gasteiger partial charge in [0.15, 0.2) is 0 Å². The Kier molecular flexibility index (Phi) is 4.31. The summed E-state index contributed by atoms with van der Waals surface area (Å²) in [5, 5.41) is 2.79. The maximum Gasteiger partial charge on any atom is 0.416 e. The highest BCUT2D eigenvalue weighted by molar-refractivity contribution is 5.81. The fourth-order valence-electron chi connectivity index (χ4n) is 4.41. The van der Waals surface area contributed by atoms with Crippen molar-refractivity contribution in [3.63, 3.8) is 0 Å². The van der Waals surface area contributed by atoms with Crippen LogP contribution in [0.15, 0.2) is 24.3 Å². The Morgan fingerprint density at radius 2 is 1.78 bits per heavy atom. The van der Waals surface area contributed by atoms with Crippen molar-refractivity contribution in [2.24, 2.45) is 5.92 Å². The van der Waals surface area contributed by atoms with Crippen molar-refractivity contribution in [2.75, 3.05) is 19.7 Å². The van der Waals surface area contributed by atoms with Gasteiger partial charge in [-0.15, -0.1) is 0 Å². The number of alkyl halides is 3. The zero-order valence-electron chi connectivity index (χ0n) is 14.7.